The number of alkyl halides is 1. The summed E-state index contributed by atoms with van der Waals surface area (Å²) in [4.78, 5) is 52.0. The molecular formula is C32H25ClN6O3. The molecule has 0 saturated heterocycles. The van der Waals surface area contributed by atoms with E-state index in [-0.39, 0.29) is 29.4 Å². The molecule has 9 nitrogen and oxygen atoms in total. The van der Waals surface area contributed by atoms with Crippen LogP contribution in [-0.4, -0.2) is 46.3 Å². The zero-order valence-electron chi connectivity index (χ0n) is 22.5. The molecule has 3 amide bonds. The lowest BCUT2D eigenvalue weighted by Gasteiger charge is -2.17. The van der Waals surface area contributed by atoms with E-state index in [0.717, 1.165) is 16.6 Å². The monoisotopic (exact) mass is 576 g/mol. The van der Waals surface area contributed by atoms with Crippen molar-refractivity contribution >= 4 is 68.8 Å². The van der Waals surface area contributed by atoms with E-state index in [1.54, 1.807) is 43.4 Å². The number of hydrogen-bond acceptors (Lipinski definition) is 5. The first kappa shape index (κ1) is 26.9. The molecule has 4 aromatic carbocycles. The summed E-state index contributed by atoms with van der Waals surface area (Å²) >= 11 is 5.69. The standard InChI is InChI=1S/C32H25ClN6O3/c1-39(27(40)18-33)22-14-11-20(12-15-22)34-29(19-7-3-2-4-8-19)28-23-16-13-21(17-26(23)38-31(28)41)35-32(42)30-36-24-9-5-6-10-25(24)37-30/h2-17,28H,18H2,1H3,(H,35,42)(H,36,37)(H,38,41). The van der Waals surface area contributed by atoms with Gasteiger partial charge in [0.15, 0.2) is 5.82 Å². The summed E-state index contributed by atoms with van der Waals surface area (Å²) in [6.45, 7) is 0. The zero-order valence-corrected chi connectivity index (χ0v) is 23.2. The van der Waals surface area contributed by atoms with Gasteiger partial charge in [-0.25, -0.2) is 4.98 Å². The Morgan fingerprint density at radius 1 is 0.976 bits per heavy atom. The maximum Gasteiger partial charge on any atom is 0.291 e. The quantitative estimate of drug-likeness (QED) is 0.166. The minimum absolute atomic E-state index is 0.115. The van der Waals surface area contributed by atoms with E-state index in [1.807, 2.05) is 60.7 Å². The Balaban J connectivity index is 1.30. The number of aromatic amines is 1. The molecule has 1 unspecified atom stereocenters. The van der Waals surface area contributed by atoms with Gasteiger partial charge in [-0.05, 0) is 59.7 Å². The summed E-state index contributed by atoms with van der Waals surface area (Å²) in [5.74, 6) is -1.43. The Kier molecular flexibility index (Phi) is 7.24. The molecule has 0 radical (unpaired) electrons. The molecule has 1 aliphatic heterocycles. The van der Waals surface area contributed by atoms with Crippen molar-refractivity contribution in [2.45, 2.75) is 5.92 Å². The second-order valence-electron chi connectivity index (χ2n) is 9.75. The highest BCUT2D eigenvalue weighted by atomic mass is 35.5. The van der Waals surface area contributed by atoms with Gasteiger partial charge in [0.1, 0.15) is 11.8 Å². The lowest BCUT2D eigenvalue weighted by atomic mass is 9.90. The maximum atomic E-state index is 13.4. The topological polar surface area (TPSA) is 120 Å². The summed E-state index contributed by atoms with van der Waals surface area (Å²) in [5.41, 5.74) is 6.00. The molecule has 3 N–H and O–H groups in total. The molecule has 0 spiro atoms. The van der Waals surface area contributed by atoms with Crippen molar-refractivity contribution in [3.05, 3.63) is 114 Å². The number of para-hydroxylation sites is 2. The first-order valence-electron chi connectivity index (χ1n) is 13.2. The number of imidazole rings is 1. The number of fused-ring (bicyclic) bond motifs is 2. The third kappa shape index (κ3) is 5.25. The molecule has 1 atom stereocenters. The predicted octanol–water partition coefficient (Wildman–Crippen LogP) is 5.87. The van der Waals surface area contributed by atoms with Gasteiger partial charge < -0.3 is 20.5 Å². The Hall–Kier alpha value is -5.28. The molecule has 0 saturated carbocycles. The van der Waals surface area contributed by atoms with E-state index in [0.29, 0.717) is 34.0 Å². The molecule has 0 aliphatic carbocycles. The second kappa shape index (κ2) is 11.3. The maximum absolute atomic E-state index is 13.4. The number of benzene rings is 4. The van der Waals surface area contributed by atoms with Crippen LogP contribution in [0.15, 0.2) is 102 Å². The van der Waals surface area contributed by atoms with Gasteiger partial charge in [-0.2, -0.15) is 0 Å². The first-order chi connectivity index (χ1) is 20.4. The van der Waals surface area contributed by atoms with Crippen LogP contribution in [0.2, 0.25) is 0 Å². The van der Waals surface area contributed by atoms with Crippen molar-refractivity contribution in [3.63, 3.8) is 0 Å². The molecule has 10 heteroatoms. The molecule has 6 rings (SSSR count). The molecule has 5 aromatic rings. The van der Waals surface area contributed by atoms with Crippen LogP contribution in [0.4, 0.5) is 22.7 Å². The van der Waals surface area contributed by atoms with Crippen molar-refractivity contribution in [2.75, 3.05) is 28.5 Å². The van der Waals surface area contributed by atoms with Crippen LogP contribution < -0.4 is 15.5 Å². The number of halogens is 1. The lowest BCUT2D eigenvalue weighted by molar-refractivity contribution is -0.116. The molecule has 1 aliphatic rings. The average Bonchev–Trinajstić information content (AvgIpc) is 3.60. The van der Waals surface area contributed by atoms with Crippen molar-refractivity contribution < 1.29 is 14.4 Å². The number of H-pyrrole nitrogens is 1. The summed E-state index contributed by atoms with van der Waals surface area (Å²) in [7, 11) is 1.66. The summed E-state index contributed by atoms with van der Waals surface area (Å²) < 4.78 is 0. The van der Waals surface area contributed by atoms with Crippen LogP contribution in [0.5, 0.6) is 0 Å². The average molecular weight is 577 g/mol. The largest absolute Gasteiger partial charge is 0.334 e. The van der Waals surface area contributed by atoms with E-state index in [9.17, 15) is 14.4 Å². The third-order valence-electron chi connectivity index (χ3n) is 7.06. The van der Waals surface area contributed by atoms with Gasteiger partial charge in [0, 0.05) is 24.1 Å². The number of aliphatic imine (C=N–C) groups is 1. The SMILES string of the molecule is CN(C(=O)CCl)c1ccc(N=C(c2ccccc2)C2C(=O)Nc3cc(NC(=O)c4nc5ccccc5[nH]4)ccc32)cc1. The summed E-state index contributed by atoms with van der Waals surface area (Å²) in [6, 6.07) is 29.4. The molecular weight excluding hydrogens is 552 g/mol. The number of carbonyl (C=O) groups is 3. The fraction of sp³-hybridized carbons (Fsp3) is 0.0938. The Bertz CT molecular complexity index is 1820. The zero-order chi connectivity index (χ0) is 29.2. The molecule has 0 fully saturated rings. The predicted molar refractivity (Wildman–Crippen MR) is 165 cm³/mol. The fourth-order valence-corrected chi connectivity index (χ4v) is 5.07. The van der Waals surface area contributed by atoms with Gasteiger partial charge in [0.05, 0.1) is 22.4 Å². The van der Waals surface area contributed by atoms with Gasteiger partial charge >= 0.3 is 0 Å². The van der Waals surface area contributed by atoms with E-state index in [1.165, 1.54) is 4.90 Å². The number of hydrogen-bond donors (Lipinski definition) is 3. The molecule has 0 bridgehead atoms. The van der Waals surface area contributed by atoms with Crippen molar-refractivity contribution in [3.8, 4) is 0 Å². The van der Waals surface area contributed by atoms with Gasteiger partial charge in [-0.3, -0.25) is 19.4 Å². The van der Waals surface area contributed by atoms with Gasteiger partial charge in [0.2, 0.25) is 11.8 Å². The number of nitrogens with zero attached hydrogens (tertiary/aromatic N) is 3. The highest BCUT2D eigenvalue weighted by Crippen LogP contribution is 2.38. The highest BCUT2D eigenvalue weighted by molar-refractivity contribution is 6.29. The Labute approximate surface area is 246 Å². The molecule has 2 heterocycles. The van der Waals surface area contributed by atoms with Gasteiger partial charge in [-0.1, -0.05) is 48.5 Å². The van der Waals surface area contributed by atoms with Gasteiger partial charge in [0.25, 0.3) is 5.91 Å². The van der Waals surface area contributed by atoms with Gasteiger partial charge in [-0.15, -0.1) is 11.6 Å². The van der Waals surface area contributed by atoms with E-state index < -0.39 is 5.92 Å². The smallest absolute Gasteiger partial charge is 0.291 e. The number of rotatable bonds is 7. The van der Waals surface area contributed by atoms with Crippen molar-refractivity contribution in [1.29, 1.82) is 0 Å². The van der Waals surface area contributed by atoms with E-state index >= 15 is 0 Å². The minimum atomic E-state index is -0.678. The third-order valence-corrected chi connectivity index (χ3v) is 7.29. The normalized spacial score (nSPS) is 14.4. The summed E-state index contributed by atoms with van der Waals surface area (Å²) in [6.07, 6.45) is 0. The van der Waals surface area contributed by atoms with Crippen LogP contribution in [0, 0.1) is 0 Å². The van der Waals surface area contributed by atoms with E-state index in [2.05, 4.69) is 20.6 Å². The molecule has 208 valence electrons. The fourth-order valence-electron chi connectivity index (χ4n) is 4.89. The minimum Gasteiger partial charge on any atom is -0.334 e. The van der Waals surface area contributed by atoms with Crippen LogP contribution in [-0.2, 0) is 9.59 Å². The van der Waals surface area contributed by atoms with Crippen molar-refractivity contribution in [1.82, 2.24) is 9.97 Å². The number of nitrogens with one attached hydrogen (secondary N) is 3. The number of aromatic nitrogens is 2. The number of carbonyl (C=O) groups excluding carboxylic acids is 3. The first-order valence-corrected chi connectivity index (χ1v) is 13.7. The number of anilines is 3. The lowest BCUT2D eigenvalue weighted by Crippen LogP contribution is -2.26. The van der Waals surface area contributed by atoms with E-state index in [4.69, 9.17) is 16.6 Å². The Morgan fingerprint density at radius 2 is 1.71 bits per heavy atom. The summed E-state index contributed by atoms with van der Waals surface area (Å²) in [5, 5.41) is 5.81. The Morgan fingerprint density at radius 3 is 2.45 bits per heavy atom. The van der Waals surface area contributed by atoms with Crippen molar-refractivity contribution in [2.24, 2.45) is 4.99 Å². The van der Waals surface area contributed by atoms with Crippen LogP contribution >= 0.6 is 11.6 Å². The highest BCUT2D eigenvalue weighted by Gasteiger charge is 2.35. The van der Waals surface area contributed by atoms with Crippen LogP contribution in [0.3, 0.4) is 0 Å². The molecule has 42 heavy (non-hydrogen) atoms. The molecule has 1 aromatic heterocycles. The van der Waals surface area contributed by atoms with Crippen LogP contribution in [0.1, 0.15) is 27.7 Å². The van der Waals surface area contributed by atoms with Crippen LogP contribution in [0.25, 0.3) is 11.0 Å². The number of amides is 3. The second-order valence-corrected chi connectivity index (χ2v) is 10.0.